The van der Waals surface area contributed by atoms with Crippen LogP contribution in [0.1, 0.15) is 44.1 Å². The number of amides is 1. The minimum Gasteiger partial charge on any atom is -0.491 e. The molecule has 0 spiro atoms. The first-order chi connectivity index (χ1) is 11.5. The molecular formula is C18H24N2O3S. The van der Waals surface area contributed by atoms with Crippen molar-refractivity contribution >= 4 is 17.2 Å². The van der Waals surface area contributed by atoms with Gasteiger partial charge in [0.25, 0.3) is 5.91 Å². The van der Waals surface area contributed by atoms with Crippen molar-refractivity contribution in [2.75, 3.05) is 6.61 Å². The van der Waals surface area contributed by atoms with E-state index in [1.807, 2.05) is 45.0 Å². The van der Waals surface area contributed by atoms with Crippen molar-refractivity contribution in [2.24, 2.45) is 0 Å². The molecule has 1 amide bonds. The molecule has 1 aromatic heterocycles. The Kier molecular flexibility index (Phi) is 6.75. The van der Waals surface area contributed by atoms with Crippen molar-refractivity contribution in [3.63, 3.8) is 0 Å². The summed E-state index contributed by atoms with van der Waals surface area (Å²) in [6, 6.07) is 7.73. The molecule has 2 aromatic rings. The number of rotatable bonds is 8. The average molecular weight is 348 g/mol. The van der Waals surface area contributed by atoms with Gasteiger partial charge in [0.05, 0.1) is 6.10 Å². The number of hydrogen-bond donors (Lipinski definition) is 2. The number of aliphatic hydroxyl groups excluding tert-OH is 1. The molecule has 0 aliphatic carbocycles. The maximum Gasteiger partial charge on any atom is 0.270 e. The van der Waals surface area contributed by atoms with Crippen LogP contribution in [0.15, 0.2) is 29.6 Å². The third kappa shape index (κ3) is 5.32. The number of hydrogen-bond acceptors (Lipinski definition) is 5. The quantitative estimate of drug-likeness (QED) is 0.766. The van der Waals surface area contributed by atoms with E-state index < -0.39 is 0 Å². The molecule has 1 aromatic carbocycles. The van der Waals surface area contributed by atoms with Gasteiger partial charge in [-0.15, -0.1) is 11.3 Å². The lowest BCUT2D eigenvalue weighted by molar-refractivity contribution is 0.0932. The van der Waals surface area contributed by atoms with E-state index in [0.717, 1.165) is 22.7 Å². The molecule has 0 aliphatic rings. The number of aliphatic hydroxyl groups is 1. The zero-order valence-corrected chi connectivity index (χ0v) is 15.1. The van der Waals surface area contributed by atoms with Gasteiger partial charge in [-0.25, -0.2) is 4.98 Å². The summed E-state index contributed by atoms with van der Waals surface area (Å²) in [6.45, 7) is 6.04. The summed E-state index contributed by atoms with van der Waals surface area (Å²) in [5, 5.41) is 14.3. The van der Waals surface area contributed by atoms with Gasteiger partial charge in [0.15, 0.2) is 0 Å². The number of carbonyl (C=O) groups is 1. The topological polar surface area (TPSA) is 71.5 Å². The normalized spacial score (nSPS) is 12.2. The summed E-state index contributed by atoms with van der Waals surface area (Å²) >= 11 is 1.44. The largest absolute Gasteiger partial charge is 0.491 e. The van der Waals surface area contributed by atoms with E-state index in [9.17, 15) is 4.79 Å². The predicted octanol–water partition coefficient (Wildman–Crippen LogP) is 3.49. The first kappa shape index (κ1) is 18.4. The van der Waals surface area contributed by atoms with E-state index in [1.54, 1.807) is 5.38 Å². The molecule has 1 atom stereocenters. The van der Waals surface area contributed by atoms with Crippen LogP contribution in [0.25, 0.3) is 10.6 Å². The molecule has 24 heavy (non-hydrogen) atoms. The van der Waals surface area contributed by atoms with Crippen LogP contribution < -0.4 is 10.1 Å². The summed E-state index contributed by atoms with van der Waals surface area (Å²) in [5.41, 5.74) is 1.39. The summed E-state index contributed by atoms with van der Waals surface area (Å²) in [6.07, 6.45) is 1.56. The lowest BCUT2D eigenvalue weighted by atomic mass is 10.2. The molecular weight excluding hydrogens is 324 g/mol. The molecule has 0 saturated heterocycles. The maximum absolute atomic E-state index is 12.2. The van der Waals surface area contributed by atoms with Crippen LogP contribution in [-0.2, 0) is 0 Å². The van der Waals surface area contributed by atoms with Crippen molar-refractivity contribution in [3.05, 3.63) is 35.3 Å². The van der Waals surface area contributed by atoms with Gasteiger partial charge in [-0.2, -0.15) is 0 Å². The van der Waals surface area contributed by atoms with Crippen LogP contribution in [0.5, 0.6) is 5.75 Å². The molecule has 0 unspecified atom stereocenters. The molecule has 2 N–H and O–H groups in total. The highest BCUT2D eigenvalue weighted by molar-refractivity contribution is 7.13. The van der Waals surface area contributed by atoms with Crippen molar-refractivity contribution in [1.82, 2.24) is 10.3 Å². The van der Waals surface area contributed by atoms with Gasteiger partial charge < -0.3 is 15.2 Å². The fraction of sp³-hybridized carbons (Fsp3) is 0.444. The number of aromatic nitrogens is 1. The van der Waals surface area contributed by atoms with E-state index in [4.69, 9.17) is 9.84 Å². The Balaban J connectivity index is 2.00. The molecule has 0 fully saturated rings. The number of ether oxygens (including phenoxy) is 1. The second-order valence-corrected chi connectivity index (χ2v) is 6.83. The molecule has 5 nitrogen and oxygen atoms in total. The number of nitrogens with one attached hydrogen (secondary N) is 1. The zero-order chi connectivity index (χ0) is 17.5. The van der Waals surface area contributed by atoms with E-state index in [-0.39, 0.29) is 24.7 Å². The minimum absolute atomic E-state index is 0.0160. The molecule has 130 valence electrons. The van der Waals surface area contributed by atoms with Gasteiger partial charge in [0.1, 0.15) is 16.5 Å². The third-order valence-corrected chi connectivity index (χ3v) is 4.27. The Morgan fingerprint density at radius 1 is 1.29 bits per heavy atom. The first-order valence-electron chi connectivity index (χ1n) is 8.14. The molecule has 2 rings (SSSR count). The fourth-order valence-corrected chi connectivity index (χ4v) is 3.03. The van der Waals surface area contributed by atoms with Gasteiger partial charge in [0, 0.05) is 23.6 Å². The highest BCUT2D eigenvalue weighted by Gasteiger charge is 2.14. The molecule has 0 aliphatic heterocycles. The highest BCUT2D eigenvalue weighted by Crippen LogP contribution is 2.26. The van der Waals surface area contributed by atoms with Crippen LogP contribution in [0, 0.1) is 0 Å². The van der Waals surface area contributed by atoms with Gasteiger partial charge in [0.2, 0.25) is 0 Å². The van der Waals surface area contributed by atoms with Crippen molar-refractivity contribution in [2.45, 2.75) is 45.8 Å². The average Bonchev–Trinajstić information content (AvgIpc) is 3.03. The summed E-state index contributed by atoms with van der Waals surface area (Å²) in [5.74, 6) is 0.642. The summed E-state index contributed by atoms with van der Waals surface area (Å²) in [7, 11) is 0. The Morgan fingerprint density at radius 2 is 2.00 bits per heavy atom. The van der Waals surface area contributed by atoms with Crippen LogP contribution in [0.3, 0.4) is 0 Å². The Morgan fingerprint density at radius 3 is 2.62 bits per heavy atom. The van der Waals surface area contributed by atoms with Gasteiger partial charge in [-0.1, -0.05) is 0 Å². The van der Waals surface area contributed by atoms with Gasteiger partial charge >= 0.3 is 0 Å². The van der Waals surface area contributed by atoms with Crippen LogP contribution >= 0.6 is 11.3 Å². The lowest BCUT2D eigenvalue weighted by Gasteiger charge is -2.11. The number of benzene rings is 1. The van der Waals surface area contributed by atoms with Crippen molar-refractivity contribution < 1.29 is 14.6 Å². The van der Waals surface area contributed by atoms with Crippen molar-refractivity contribution in [1.29, 1.82) is 0 Å². The van der Waals surface area contributed by atoms with E-state index in [0.29, 0.717) is 12.1 Å². The second kappa shape index (κ2) is 8.80. The zero-order valence-electron chi connectivity index (χ0n) is 14.3. The van der Waals surface area contributed by atoms with E-state index in [2.05, 4.69) is 10.3 Å². The maximum atomic E-state index is 12.2. The van der Waals surface area contributed by atoms with Crippen molar-refractivity contribution in [3.8, 4) is 16.3 Å². The van der Waals surface area contributed by atoms with Crippen LogP contribution in [0.4, 0.5) is 0 Å². The standard InChI is InChI=1S/C18H24N2O3S/c1-12(2)23-15-8-6-14(7-9-15)18-20-16(11-24-18)17(22)19-13(3)5-4-10-21/h6-9,11-13,21H,4-5,10H2,1-3H3,(H,19,22)/t13-/m1/s1. The van der Waals surface area contributed by atoms with Gasteiger partial charge in [-0.05, 0) is 57.9 Å². The molecule has 0 bridgehead atoms. The molecule has 6 heteroatoms. The summed E-state index contributed by atoms with van der Waals surface area (Å²) in [4.78, 5) is 16.6. The smallest absolute Gasteiger partial charge is 0.270 e. The molecule has 1 heterocycles. The fourth-order valence-electron chi connectivity index (χ4n) is 2.23. The minimum atomic E-state index is -0.178. The molecule has 0 radical (unpaired) electrons. The number of thiazole rings is 1. The Labute approximate surface area is 146 Å². The first-order valence-corrected chi connectivity index (χ1v) is 9.02. The number of carbonyl (C=O) groups excluding carboxylic acids is 1. The summed E-state index contributed by atoms with van der Waals surface area (Å²) < 4.78 is 5.63. The predicted molar refractivity (Wildman–Crippen MR) is 96.6 cm³/mol. The molecule has 0 saturated carbocycles. The Hall–Kier alpha value is -1.92. The second-order valence-electron chi connectivity index (χ2n) is 5.97. The Bertz CT molecular complexity index is 653. The van der Waals surface area contributed by atoms with Gasteiger partial charge in [-0.3, -0.25) is 4.79 Å². The van der Waals surface area contributed by atoms with Crippen LogP contribution in [-0.4, -0.2) is 34.8 Å². The SMILES string of the molecule is CC(C)Oc1ccc(-c2nc(C(=O)N[C@H](C)CCCO)cs2)cc1. The number of nitrogens with zero attached hydrogens (tertiary/aromatic N) is 1. The monoisotopic (exact) mass is 348 g/mol. The van der Waals surface area contributed by atoms with Crippen LogP contribution in [0.2, 0.25) is 0 Å². The third-order valence-electron chi connectivity index (χ3n) is 3.38. The van der Waals surface area contributed by atoms with E-state index in [1.165, 1.54) is 11.3 Å². The lowest BCUT2D eigenvalue weighted by Crippen LogP contribution is -2.32. The van der Waals surface area contributed by atoms with E-state index >= 15 is 0 Å². The highest BCUT2D eigenvalue weighted by atomic mass is 32.1.